The molecule has 2 saturated carbocycles. The van der Waals surface area contributed by atoms with Crippen molar-refractivity contribution in [3.63, 3.8) is 0 Å². The molecule has 1 aliphatic heterocycles. The van der Waals surface area contributed by atoms with E-state index in [-0.39, 0.29) is 5.91 Å². The molecule has 2 N–H and O–H groups in total. The second-order valence-corrected chi connectivity index (χ2v) is 7.80. The number of carbonyl (C=O) groups excluding carboxylic acids is 1. The summed E-state index contributed by atoms with van der Waals surface area (Å²) in [5.74, 6) is 2.40. The Balaban J connectivity index is 1.32. The zero-order chi connectivity index (χ0) is 15.6. The average molecular weight is 316 g/mol. The molecule has 0 unspecified atom stereocenters. The van der Waals surface area contributed by atoms with Crippen molar-refractivity contribution in [3.05, 3.63) is 18.2 Å². The molecule has 3 fully saturated rings. The first kappa shape index (κ1) is 15.2. The van der Waals surface area contributed by atoms with Gasteiger partial charge in [-0.2, -0.15) is 0 Å². The van der Waals surface area contributed by atoms with Gasteiger partial charge in [-0.1, -0.05) is 12.8 Å². The molecule has 2 aliphatic carbocycles. The predicted molar refractivity (Wildman–Crippen MR) is 88.6 cm³/mol. The van der Waals surface area contributed by atoms with E-state index in [0.29, 0.717) is 17.9 Å². The summed E-state index contributed by atoms with van der Waals surface area (Å²) < 4.78 is 0. The van der Waals surface area contributed by atoms with Crippen LogP contribution in [-0.2, 0) is 11.3 Å². The Morgan fingerprint density at radius 1 is 1.26 bits per heavy atom. The quantitative estimate of drug-likeness (QED) is 0.847. The SMILES string of the molecule is O=C(CC1CCCC1)N[C@H]1CN(Cc2cnc[nH]2)C[C@@H]1C1CC1. The maximum atomic E-state index is 12.4. The molecule has 126 valence electrons. The third-order valence-corrected chi connectivity index (χ3v) is 5.91. The van der Waals surface area contributed by atoms with Crippen LogP contribution in [0.5, 0.6) is 0 Å². The molecule has 5 nitrogen and oxygen atoms in total. The minimum atomic E-state index is 0.288. The zero-order valence-corrected chi connectivity index (χ0v) is 13.8. The van der Waals surface area contributed by atoms with Crippen LogP contribution in [0.15, 0.2) is 12.5 Å². The van der Waals surface area contributed by atoms with Crippen molar-refractivity contribution < 1.29 is 4.79 Å². The van der Waals surface area contributed by atoms with Crippen molar-refractivity contribution in [1.82, 2.24) is 20.2 Å². The number of carbonyl (C=O) groups is 1. The summed E-state index contributed by atoms with van der Waals surface area (Å²) >= 11 is 0. The molecule has 23 heavy (non-hydrogen) atoms. The van der Waals surface area contributed by atoms with Crippen molar-refractivity contribution in [2.45, 2.75) is 57.5 Å². The number of aromatic nitrogens is 2. The molecular weight excluding hydrogens is 288 g/mol. The molecule has 1 amide bonds. The lowest BCUT2D eigenvalue weighted by Crippen LogP contribution is -2.41. The van der Waals surface area contributed by atoms with Crippen molar-refractivity contribution in [2.75, 3.05) is 13.1 Å². The topological polar surface area (TPSA) is 61.0 Å². The van der Waals surface area contributed by atoms with Crippen LogP contribution >= 0.6 is 0 Å². The normalized spacial score (nSPS) is 29.2. The second-order valence-electron chi connectivity index (χ2n) is 7.80. The van der Waals surface area contributed by atoms with Gasteiger partial charge in [0.1, 0.15) is 0 Å². The second kappa shape index (κ2) is 6.63. The fraction of sp³-hybridized carbons (Fsp3) is 0.778. The van der Waals surface area contributed by atoms with Gasteiger partial charge in [0.2, 0.25) is 5.91 Å². The summed E-state index contributed by atoms with van der Waals surface area (Å²) in [5, 5.41) is 3.38. The van der Waals surface area contributed by atoms with E-state index in [2.05, 4.69) is 20.2 Å². The van der Waals surface area contributed by atoms with Crippen LogP contribution in [0.2, 0.25) is 0 Å². The van der Waals surface area contributed by atoms with Gasteiger partial charge in [0.25, 0.3) is 0 Å². The Kier molecular flexibility index (Phi) is 4.38. The van der Waals surface area contributed by atoms with Crippen molar-refractivity contribution >= 4 is 5.91 Å². The van der Waals surface area contributed by atoms with Crippen LogP contribution in [0.25, 0.3) is 0 Å². The molecular formula is C18H28N4O. The van der Waals surface area contributed by atoms with E-state index in [1.807, 2.05) is 6.20 Å². The van der Waals surface area contributed by atoms with Crippen LogP contribution in [0.1, 0.15) is 50.6 Å². The first-order valence-corrected chi connectivity index (χ1v) is 9.27. The first-order valence-electron chi connectivity index (χ1n) is 9.27. The van der Waals surface area contributed by atoms with Gasteiger partial charge in [-0.3, -0.25) is 9.69 Å². The molecule has 2 heterocycles. The van der Waals surface area contributed by atoms with Crippen LogP contribution in [0.3, 0.4) is 0 Å². The monoisotopic (exact) mass is 316 g/mol. The summed E-state index contributed by atoms with van der Waals surface area (Å²) in [6.45, 7) is 3.01. The molecule has 1 saturated heterocycles. The van der Waals surface area contributed by atoms with E-state index in [1.165, 1.54) is 38.5 Å². The van der Waals surface area contributed by atoms with E-state index >= 15 is 0 Å². The van der Waals surface area contributed by atoms with Crippen molar-refractivity contribution in [3.8, 4) is 0 Å². The molecule has 0 aromatic carbocycles. The van der Waals surface area contributed by atoms with Gasteiger partial charge in [0, 0.05) is 44.0 Å². The minimum Gasteiger partial charge on any atom is -0.352 e. The average Bonchev–Trinajstić information content (AvgIpc) is 2.93. The molecule has 1 aromatic heterocycles. The van der Waals surface area contributed by atoms with Crippen LogP contribution < -0.4 is 5.32 Å². The lowest BCUT2D eigenvalue weighted by atomic mass is 9.97. The predicted octanol–water partition coefficient (Wildman–Crippen LogP) is 2.32. The Hall–Kier alpha value is -1.36. The molecule has 0 spiro atoms. The lowest BCUT2D eigenvalue weighted by molar-refractivity contribution is -0.122. The third kappa shape index (κ3) is 3.77. The van der Waals surface area contributed by atoms with Crippen LogP contribution in [-0.4, -0.2) is 39.9 Å². The Bertz CT molecular complexity index is 519. The van der Waals surface area contributed by atoms with Gasteiger partial charge >= 0.3 is 0 Å². The Morgan fingerprint density at radius 2 is 2.09 bits per heavy atom. The number of rotatable bonds is 6. The first-order chi connectivity index (χ1) is 11.3. The number of likely N-dealkylation sites (tertiary alicyclic amines) is 1. The van der Waals surface area contributed by atoms with Gasteiger partial charge in [-0.15, -0.1) is 0 Å². The highest BCUT2D eigenvalue weighted by atomic mass is 16.1. The van der Waals surface area contributed by atoms with Crippen molar-refractivity contribution in [2.24, 2.45) is 17.8 Å². The van der Waals surface area contributed by atoms with E-state index in [9.17, 15) is 4.79 Å². The highest BCUT2D eigenvalue weighted by Gasteiger charge is 2.43. The molecule has 4 rings (SSSR count). The van der Waals surface area contributed by atoms with Gasteiger partial charge in [0.15, 0.2) is 0 Å². The summed E-state index contributed by atoms with van der Waals surface area (Å²) in [6, 6.07) is 0.347. The summed E-state index contributed by atoms with van der Waals surface area (Å²) in [4.78, 5) is 22.2. The Morgan fingerprint density at radius 3 is 2.78 bits per heavy atom. The number of amides is 1. The third-order valence-electron chi connectivity index (χ3n) is 5.91. The zero-order valence-electron chi connectivity index (χ0n) is 13.8. The molecule has 0 bridgehead atoms. The summed E-state index contributed by atoms with van der Waals surface area (Å²) in [5.41, 5.74) is 1.16. The molecule has 5 heteroatoms. The largest absolute Gasteiger partial charge is 0.352 e. The van der Waals surface area contributed by atoms with Gasteiger partial charge in [-0.05, 0) is 43.4 Å². The van der Waals surface area contributed by atoms with Gasteiger partial charge in [0.05, 0.1) is 6.33 Å². The highest BCUT2D eigenvalue weighted by molar-refractivity contribution is 5.76. The fourth-order valence-electron chi connectivity index (χ4n) is 4.55. The molecule has 0 radical (unpaired) electrons. The number of H-pyrrole nitrogens is 1. The number of aromatic amines is 1. The van der Waals surface area contributed by atoms with Crippen LogP contribution in [0, 0.1) is 17.8 Å². The van der Waals surface area contributed by atoms with E-state index in [0.717, 1.165) is 37.7 Å². The lowest BCUT2D eigenvalue weighted by Gasteiger charge is -2.20. The van der Waals surface area contributed by atoms with Crippen molar-refractivity contribution in [1.29, 1.82) is 0 Å². The molecule has 3 aliphatic rings. The minimum absolute atomic E-state index is 0.288. The van der Waals surface area contributed by atoms with Gasteiger partial charge < -0.3 is 10.3 Å². The fourth-order valence-corrected chi connectivity index (χ4v) is 4.55. The number of nitrogens with zero attached hydrogens (tertiary/aromatic N) is 2. The number of imidazole rings is 1. The maximum Gasteiger partial charge on any atom is 0.220 e. The van der Waals surface area contributed by atoms with Crippen LogP contribution in [0.4, 0.5) is 0 Å². The van der Waals surface area contributed by atoms with E-state index in [4.69, 9.17) is 0 Å². The molecule has 2 atom stereocenters. The van der Waals surface area contributed by atoms with Gasteiger partial charge in [-0.25, -0.2) is 4.98 Å². The Labute approximate surface area is 138 Å². The van der Waals surface area contributed by atoms with E-state index < -0.39 is 0 Å². The number of hydrogen-bond donors (Lipinski definition) is 2. The number of hydrogen-bond acceptors (Lipinski definition) is 3. The highest BCUT2D eigenvalue weighted by Crippen LogP contribution is 2.41. The standard InChI is InChI=1S/C18H28N4O/c23-18(7-13-3-1-2-4-13)21-17-11-22(9-15-8-19-12-20-15)10-16(17)14-5-6-14/h8,12-14,16-17H,1-7,9-11H2,(H,19,20)(H,21,23)/t16-,17+/m1/s1. The summed E-state index contributed by atoms with van der Waals surface area (Å²) in [6.07, 6.45) is 12.2. The number of nitrogens with one attached hydrogen (secondary N) is 2. The smallest absolute Gasteiger partial charge is 0.220 e. The molecule has 1 aromatic rings. The summed E-state index contributed by atoms with van der Waals surface area (Å²) in [7, 11) is 0. The maximum absolute atomic E-state index is 12.4. The van der Waals surface area contributed by atoms with E-state index in [1.54, 1.807) is 6.33 Å².